The lowest BCUT2D eigenvalue weighted by Gasteiger charge is -2.31. The van der Waals surface area contributed by atoms with Gasteiger partial charge < -0.3 is 14.6 Å². The topological polar surface area (TPSA) is 75.4 Å². The van der Waals surface area contributed by atoms with Crippen LogP contribution in [0.4, 0.5) is 0 Å². The standard InChI is InChI=1S/C21H21N3O3S/c25-19(13-17-14-28-20(23-17)15-5-2-1-3-6-15)22-16-8-10-24(11-9-16)21(26)18-7-4-12-27-18/h1-7,12,14,16H,8-11,13H2,(H,22,25). The van der Waals surface area contributed by atoms with E-state index in [1.165, 1.54) is 6.26 Å². The van der Waals surface area contributed by atoms with Gasteiger partial charge in [0, 0.05) is 30.1 Å². The van der Waals surface area contributed by atoms with Gasteiger partial charge in [0.15, 0.2) is 5.76 Å². The number of thiazole rings is 1. The van der Waals surface area contributed by atoms with E-state index in [4.69, 9.17) is 4.42 Å². The highest BCUT2D eigenvalue weighted by molar-refractivity contribution is 7.13. The van der Waals surface area contributed by atoms with E-state index < -0.39 is 0 Å². The van der Waals surface area contributed by atoms with Gasteiger partial charge in [-0.15, -0.1) is 11.3 Å². The molecule has 1 aromatic carbocycles. The smallest absolute Gasteiger partial charge is 0.289 e. The van der Waals surface area contributed by atoms with Crippen LogP contribution in [0.1, 0.15) is 29.1 Å². The first kappa shape index (κ1) is 18.4. The van der Waals surface area contributed by atoms with Crippen LogP contribution in [0.3, 0.4) is 0 Å². The number of hydrogen-bond donors (Lipinski definition) is 1. The van der Waals surface area contributed by atoms with Crippen LogP contribution < -0.4 is 5.32 Å². The molecule has 28 heavy (non-hydrogen) atoms. The number of hydrogen-bond acceptors (Lipinski definition) is 5. The van der Waals surface area contributed by atoms with Crippen LogP contribution in [-0.4, -0.2) is 40.8 Å². The van der Waals surface area contributed by atoms with Crippen molar-refractivity contribution in [3.63, 3.8) is 0 Å². The van der Waals surface area contributed by atoms with Crippen molar-refractivity contribution in [2.75, 3.05) is 13.1 Å². The summed E-state index contributed by atoms with van der Waals surface area (Å²) in [5.74, 6) is 0.242. The molecule has 3 aromatic rings. The zero-order valence-corrected chi connectivity index (χ0v) is 16.2. The average Bonchev–Trinajstić information content (AvgIpc) is 3.41. The minimum absolute atomic E-state index is 0.0271. The van der Waals surface area contributed by atoms with Gasteiger partial charge in [-0.05, 0) is 25.0 Å². The molecule has 0 atom stereocenters. The van der Waals surface area contributed by atoms with Gasteiger partial charge in [-0.2, -0.15) is 0 Å². The largest absolute Gasteiger partial charge is 0.459 e. The lowest BCUT2D eigenvalue weighted by molar-refractivity contribution is -0.121. The van der Waals surface area contributed by atoms with Gasteiger partial charge in [-0.25, -0.2) is 4.98 Å². The van der Waals surface area contributed by atoms with Gasteiger partial charge in [0.25, 0.3) is 5.91 Å². The number of rotatable bonds is 5. The van der Waals surface area contributed by atoms with Crippen LogP contribution in [0.15, 0.2) is 58.5 Å². The van der Waals surface area contributed by atoms with Crippen molar-refractivity contribution in [2.45, 2.75) is 25.3 Å². The third kappa shape index (κ3) is 4.31. The molecule has 2 amide bonds. The van der Waals surface area contributed by atoms with Gasteiger partial charge in [-0.3, -0.25) is 9.59 Å². The van der Waals surface area contributed by atoms with E-state index in [1.54, 1.807) is 28.4 Å². The summed E-state index contributed by atoms with van der Waals surface area (Å²) in [4.78, 5) is 31.0. The van der Waals surface area contributed by atoms with Crippen molar-refractivity contribution >= 4 is 23.2 Å². The SMILES string of the molecule is O=C(Cc1csc(-c2ccccc2)n1)NC1CCN(C(=O)c2ccco2)CC1. The molecule has 0 aliphatic carbocycles. The molecule has 4 rings (SSSR count). The van der Waals surface area contributed by atoms with Gasteiger partial charge >= 0.3 is 0 Å². The molecule has 1 saturated heterocycles. The minimum atomic E-state index is -0.0920. The first-order chi connectivity index (χ1) is 13.7. The predicted octanol–water partition coefficient (Wildman–Crippen LogP) is 3.37. The maximum Gasteiger partial charge on any atom is 0.289 e. The van der Waals surface area contributed by atoms with Crippen molar-refractivity contribution in [3.05, 3.63) is 65.6 Å². The Morgan fingerprint density at radius 2 is 1.93 bits per heavy atom. The number of aromatic nitrogens is 1. The third-order valence-electron chi connectivity index (χ3n) is 4.79. The van der Waals surface area contributed by atoms with E-state index in [1.807, 2.05) is 35.7 Å². The summed E-state index contributed by atoms with van der Waals surface area (Å²) in [6.45, 7) is 1.22. The highest BCUT2D eigenvalue weighted by Gasteiger charge is 2.26. The summed E-state index contributed by atoms with van der Waals surface area (Å²) in [5.41, 5.74) is 1.85. The molecule has 0 unspecified atom stereocenters. The molecule has 1 N–H and O–H groups in total. The van der Waals surface area contributed by atoms with Crippen molar-refractivity contribution in [3.8, 4) is 10.6 Å². The van der Waals surface area contributed by atoms with E-state index >= 15 is 0 Å². The number of nitrogens with one attached hydrogen (secondary N) is 1. The summed E-state index contributed by atoms with van der Waals surface area (Å²) in [7, 11) is 0. The zero-order valence-electron chi connectivity index (χ0n) is 15.3. The number of nitrogens with zero attached hydrogens (tertiary/aromatic N) is 2. The van der Waals surface area contributed by atoms with Gasteiger partial charge in [-0.1, -0.05) is 30.3 Å². The molecule has 3 heterocycles. The van der Waals surface area contributed by atoms with Crippen LogP contribution in [0.2, 0.25) is 0 Å². The van der Waals surface area contributed by atoms with Crippen LogP contribution >= 0.6 is 11.3 Å². The fourth-order valence-corrected chi connectivity index (χ4v) is 4.15. The number of carbonyl (C=O) groups excluding carboxylic acids is 2. The fourth-order valence-electron chi connectivity index (χ4n) is 3.33. The van der Waals surface area contributed by atoms with Crippen molar-refractivity contribution < 1.29 is 14.0 Å². The molecule has 0 saturated carbocycles. The molecule has 1 fully saturated rings. The number of amides is 2. The first-order valence-corrected chi connectivity index (χ1v) is 10.2. The lowest BCUT2D eigenvalue weighted by atomic mass is 10.0. The van der Waals surface area contributed by atoms with Crippen LogP contribution in [0.5, 0.6) is 0 Å². The Kier molecular flexibility index (Phi) is 5.53. The molecule has 0 bridgehead atoms. The fraction of sp³-hybridized carbons (Fsp3) is 0.286. The Hall–Kier alpha value is -2.93. The maximum absolute atomic E-state index is 12.4. The van der Waals surface area contributed by atoms with Crippen LogP contribution in [0.25, 0.3) is 10.6 Å². The molecule has 1 aliphatic rings. The molecule has 2 aromatic heterocycles. The molecule has 1 aliphatic heterocycles. The number of furan rings is 1. The quantitative estimate of drug-likeness (QED) is 0.719. The summed E-state index contributed by atoms with van der Waals surface area (Å²) in [6.07, 6.45) is 3.26. The van der Waals surface area contributed by atoms with E-state index in [-0.39, 0.29) is 24.3 Å². The van der Waals surface area contributed by atoms with E-state index in [2.05, 4.69) is 10.3 Å². The van der Waals surface area contributed by atoms with E-state index in [0.29, 0.717) is 18.8 Å². The van der Waals surface area contributed by atoms with E-state index in [9.17, 15) is 9.59 Å². The Labute approximate surface area is 167 Å². The molecular formula is C21H21N3O3S. The molecule has 144 valence electrons. The van der Waals surface area contributed by atoms with Gasteiger partial charge in [0.05, 0.1) is 18.4 Å². The number of benzene rings is 1. The third-order valence-corrected chi connectivity index (χ3v) is 5.73. The normalized spacial score (nSPS) is 14.8. The second kappa shape index (κ2) is 8.39. The van der Waals surface area contributed by atoms with Crippen molar-refractivity contribution in [1.82, 2.24) is 15.2 Å². The zero-order chi connectivity index (χ0) is 19.3. The number of carbonyl (C=O) groups is 2. The lowest BCUT2D eigenvalue weighted by Crippen LogP contribution is -2.46. The second-order valence-electron chi connectivity index (χ2n) is 6.80. The molecule has 6 nitrogen and oxygen atoms in total. The van der Waals surface area contributed by atoms with Crippen molar-refractivity contribution in [2.24, 2.45) is 0 Å². The Bertz CT molecular complexity index is 929. The van der Waals surface area contributed by atoms with Gasteiger partial charge in [0.1, 0.15) is 5.01 Å². The molecular weight excluding hydrogens is 374 g/mol. The minimum Gasteiger partial charge on any atom is -0.459 e. The Morgan fingerprint density at radius 1 is 1.14 bits per heavy atom. The summed E-state index contributed by atoms with van der Waals surface area (Å²) >= 11 is 1.55. The monoisotopic (exact) mass is 395 g/mol. The Morgan fingerprint density at radius 3 is 2.64 bits per heavy atom. The maximum atomic E-state index is 12.4. The Balaban J connectivity index is 1.26. The molecule has 0 spiro atoms. The van der Waals surface area contributed by atoms with Crippen LogP contribution in [0, 0.1) is 0 Å². The first-order valence-electron chi connectivity index (χ1n) is 9.31. The summed E-state index contributed by atoms with van der Waals surface area (Å²) in [6, 6.07) is 13.4. The van der Waals surface area contributed by atoms with Crippen molar-refractivity contribution in [1.29, 1.82) is 0 Å². The highest BCUT2D eigenvalue weighted by Crippen LogP contribution is 2.23. The molecule has 0 radical (unpaired) electrons. The molecule has 7 heteroatoms. The van der Waals surface area contributed by atoms with Crippen LogP contribution in [-0.2, 0) is 11.2 Å². The van der Waals surface area contributed by atoms with E-state index in [0.717, 1.165) is 29.1 Å². The predicted molar refractivity (Wildman–Crippen MR) is 107 cm³/mol. The van der Waals surface area contributed by atoms with Gasteiger partial charge in [0.2, 0.25) is 5.91 Å². The average molecular weight is 395 g/mol. The summed E-state index contributed by atoms with van der Waals surface area (Å²) < 4.78 is 5.17. The highest BCUT2D eigenvalue weighted by atomic mass is 32.1. The second-order valence-corrected chi connectivity index (χ2v) is 7.66. The number of likely N-dealkylation sites (tertiary alicyclic amines) is 1. The number of piperidine rings is 1. The summed E-state index contributed by atoms with van der Waals surface area (Å²) in [5, 5.41) is 5.94.